The van der Waals surface area contributed by atoms with Crippen molar-refractivity contribution >= 4 is 17.6 Å². The van der Waals surface area contributed by atoms with Crippen LogP contribution in [0.5, 0.6) is 0 Å². The van der Waals surface area contributed by atoms with Gasteiger partial charge in [-0.2, -0.15) is 0 Å². The molecule has 0 spiro atoms. The standard InChI is InChI=1S/C11H17N5O2/c1-7(2)11(18)15-4-3-14-9-6-13-5-8(16-9)10(12)17/h5-7H,3-4H2,1-2H3,(H2,12,17)(H,14,16)(H,15,18). The fourth-order valence-corrected chi connectivity index (χ4v) is 1.15. The van der Waals surface area contributed by atoms with Gasteiger partial charge in [0.25, 0.3) is 5.91 Å². The molecule has 0 radical (unpaired) electrons. The van der Waals surface area contributed by atoms with E-state index in [2.05, 4.69) is 20.6 Å². The number of carbonyl (C=O) groups excluding carboxylic acids is 2. The maximum Gasteiger partial charge on any atom is 0.268 e. The molecule has 7 nitrogen and oxygen atoms in total. The van der Waals surface area contributed by atoms with Gasteiger partial charge in [0.15, 0.2) is 0 Å². The summed E-state index contributed by atoms with van der Waals surface area (Å²) in [6.07, 6.45) is 2.78. The van der Waals surface area contributed by atoms with E-state index in [0.717, 1.165) is 0 Å². The Morgan fingerprint density at radius 3 is 2.67 bits per heavy atom. The van der Waals surface area contributed by atoms with Gasteiger partial charge in [-0.3, -0.25) is 14.6 Å². The number of primary amides is 1. The minimum absolute atomic E-state index is 0.00577. The van der Waals surface area contributed by atoms with Gasteiger partial charge in [0, 0.05) is 19.0 Å². The Kier molecular flexibility index (Phi) is 5.04. The summed E-state index contributed by atoms with van der Waals surface area (Å²) in [6, 6.07) is 0. The second kappa shape index (κ2) is 6.53. The lowest BCUT2D eigenvalue weighted by Crippen LogP contribution is -2.32. The summed E-state index contributed by atoms with van der Waals surface area (Å²) < 4.78 is 0. The van der Waals surface area contributed by atoms with Gasteiger partial charge in [-0.1, -0.05) is 13.8 Å². The molecule has 0 aromatic carbocycles. The largest absolute Gasteiger partial charge is 0.367 e. The predicted molar refractivity (Wildman–Crippen MR) is 66.9 cm³/mol. The zero-order valence-corrected chi connectivity index (χ0v) is 10.4. The molecular formula is C11H17N5O2. The summed E-state index contributed by atoms with van der Waals surface area (Å²) in [7, 11) is 0. The molecule has 18 heavy (non-hydrogen) atoms. The zero-order valence-electron chi connectivity index (χ0n) is 10.4. The second-order valence-electron chi connectivity index (χ2n) is 4.03. The van der Waals surface area contributed by atoms with Gasteiger partial charge in [0.1, 0.15) is 11.5 Å². The van der Waals surface area contributed by atoms with E-state index < -0.39 is 5.91 Å². The highest BCUT2D eigenvalue weighted by Gasteiger charge is 2.06. The Labute approximate surface area is 105 Å². The third-order valence-electron chi connectivity index (χ3n) is 2.14. The van der Waals surface area contributed by atoms with Crippen LogP contribution >= 0.6 is 0 Å². The minimum Gasteiger partial charge on any atom is -0.367 e. The van der Waals surface area contributed by atoms with Gasteiger partial charge in [-0.15, -0.1) is 0 Å². The number of hydrogen-bond donors (Lipinski definition) is 3. The first-order valence-corrected chi connectivity index (χ1v) is 5.64. The van der Waals surface area contributed by atoms with Crippen LogP contribution in [-0.2, 0) is 4.79 Å². The molecule has 1 rings (SSSR count). The molecule has 4 N–H and O–H groups in total. The highest BCUT2D eigenvalue weighted by atomic mass is 16.2. The first kappa shape index (κ1) is 13.9. The number of rotatable bonds is 6. The van der Waals surface area contributed by atoms with Crippen LogP contribution in [-0.4, -0.2) is 34.9 Å². The molecule has 1 aromatic rings. The van der Waals surface area contributed by atoms with Crippen molar-refractivity contribution in [2.75, 3.05) is 18.4 Å². The number of hydrogen-bond acceptors (Lipinski definition) is 5. The van der Waals surface area contributed by atoms with Crippen LogP contribution in [0.2, 0.25) is 0 Å². The Morgan fingerprint density at radius 1 is 1.33 bits per heavy atom. The first-order valence-electron chi connectivity index (χ1n) is 5.64. The maximum absolute atomic E-state index is 11.3. The fraction of sp³-hybridized carbons (Fsp3) is 0.455. The van der Waals surface area contributed by atoms with Crippen molar-refractivity contribution in [1.29, 1.82) is 0 Å². The zero-order chi connectivity index (χ0) is 13.5. The molecule has 1 aromatic heterocycles. The van der Waals surface area contributed by atoms with Crippen molar-refractivity contribution in [3.05, 3.63) is 18.1 Å². The topological polar surface area (TPSA) is 110 Å². The minimum atomic E-state index is -0.626. The van der Waals surface area contributed by atoms with Gasteiger partial charge < -0.3 is 16.4 Å². The van der Waals surface area contributed by atoms with Crippen molar-refractivity contribution in [2.24, 2.45) is 11.7 Å². The average Bonchev–Trinajstić information content (AvgIpc) is 2.34. The third-order valence-corrected chi connectivity index (χ3v) is 2.14. The van der Waals surface area contributed by atoms with Crippen molar-refractivity contribution in [3.8, 4) is 0 Å². The van der Waals surface area contributed by atoms with Crippen molar-refractivity contribution in [3.63, 3.8) is 0 Å². The molecule has 0 fully saturated rings. The van der Waals surface area contributed by atoms with Crippen LogP contribution in [0.15, 0.2) is 12.4 Å². The molecule has 0 aliphatic heterocycles. The SMILES string of the molecule is CC(C)C(=O)NCCNc1cncc(C(N)=O)n1. The second-order valence-corrected chi connectivity index (χ2v) is 4.03. The van der Waals surface area contributed by atoms with Gasteiger partial charge in [-0.25, -0.2) is 4.98 Å². The number of nitrogens with zero attached hydrogens (tertiary/aromatic N) is 2. The van der Waals surface area contributed by atoms with Crippen LogP contribution in [0.25, 0.3) is 0 Å². The summed E-state index contributed by atoms with van der Waals surface area (Å²) in [5.74, 6) is -0.221. The molecule has 1 heterocycles. The van der Waals surface area contributed by atoms with E-state index in [9.17, 15) is 9.59 Å². The van der Waals surface area contributed by atoms with Gasteiger partial charge in [0.05, 0.1) is 12.4 Å². The van der Waals surface area contributed by atoms with Crippen LogP contribution < -0.4 is 16.4 Å². The van der Waals surface area contributed by atoms with Crippen LogP contribution in [0.4, 0.5) is 5.82 Å². The number of anilines is 1. The number of amides is 2. The monoisotopic (exact) mass is 251 g/mol. The van der Waals surface area contributed by atoms with Crippen molar-refractivity contribution in [2.45, 2.75) is 13.8 Å². The van der Waals surface area contributed by atoms with Gasteiger partial charge >= 0.3 is 0 Å². The van der Waals surface area contributed by atoms with E-state index in [-0.39, 0.29) is 17.5 Å². The number of aromatic nitrogens is 2. The fourth-order valence-electron chi connectivity index (χ4n) is 1.15. The molecular weight excluding hydrogens is 234 g/mol. The third kappa shape index (κ3) is 4.36. The van der Waals surface area contributed by atoms with E-state index in [1.54, 1.807) is 0 Å². The highest BCUT2D eigenvalue weighted by Crippen LogP contribution is 2.00. The maximum atomic E-state index is 11.3. The summed E-state index contributed by atoms with van der Waals surface area (Å²) in [6.45, 7) is 4.62. The number of carbonyl (C=O) groups is 2. The van der Waals surface area contributed by atoms with Gasteiger partial charge in [0.2, 0.25) is 5.91 Å². The van der Waals surface area contributed by atoms with E-state index >= 15 is 0 Å². The average molecular weight is 251 g/mol. The Bertz CT molecular complexity index is 433. The molecule has 0 saturated heterocycles. The predicted octanol–water partition coefficient (Wildman–Crippen LogP) is -0.240. The van der Waals surface area contributed by atoms with E-state index in [1.165, 1.54) is 12.4 Å². The molecule has 0 aliphatic carbocycles. The summed E-state index contributed by atoms with van der Waals surface area (Å²) in [5, 5.41) is 5.69. The van der Waals surface area contributed by atoms with Crippen LogP contribution in [0, 0.1) is 5.92 Å². The Morgan fingerprint density at radius 2 is 2.06 bits per heavy atom. The van der Waals surface area contributed by atoms with E-state index in [0.29, 0.717) is 18.9 Å². The molecule has 0 unspecified atom stereocenters. The molecule has 7 heteroatoms. The quantitative estimate of drug-likeness (QED) is 0.604. The molecule has 0 bridgehead atoms. The van der Waals surface area contributed by atoms with Gasteiger partial charge in [-0.05, 0) is 0 Å². The van der Waals surface area contributed by atoms with Crippen molar-refractivity contribution < 1.29 is 9.59 Å². The highest BCUT2D eigenvalue weighted by molar-refractivity contribution is 5.90. The van der Waals surface area contributed by atoms with Crippen LogP contribution in [0.1, 0.15) is 24.3 Å². The Balaban J connectivity index is 2.38. The molecule has 98 valence electrons. The summed E-state index contributed by atoms with van der Waals surface area (Å²) in [4.78, 5) is 29.9. The number of nitrogens with one attached hydrogen (secondary N) is 2. The normalized spacial score (nSPS) is 10.2. The van der Waals surface area contributed by atoms with Crippen molar-refractivity contribution in [1.82, 2.24) is 15.3 Å². The molecule has 0 aliphatic rings. The van der Waals surface area contributed by atoms with E-state index in [1.807, 2.05) is 13.8 Å². The smallest absolute Gasteiger partial charge is 0.268 e. The molecule has 0 atom stereocenters. The molecule has 0 saturated carbocycles. The lowest BCUT2D eigenvalue weighted by atomic mass is 10.2. The lowest BCUT2D eigenvalue weighted by molar-refractivity contribution is -0.123. The summed E-state index contributed by atoms with van der Waals surface area (Å²) in [5.41, 5.74) is 5.19. The molecule has 2 amide bonds. The van der Waals surface area contributed by atoms with E-state index in [4.69, 9.17) is 5.73 Å². The summed E-state index contributed by atoms with van der Waals surface area (Å²) >= 11 is 0. The van der Waals surface area contributed by atoms with Crippen LogP contribution in [0.3, 0.4) is 0 Å². The lowest BCUT2D eigenvalue weighted by Gasteiger charge is -2.09. The first-order chi connectivity index (χ1) is 8.50. The Hall–Kier alpha value is -2.18. The number of nitrogens with two attached hydrogens (primary N) is 1.